The Morgan fingerprint density at radius 3 is 2.82 bits per heavy atom. The lowest BCUT2D eigenvalue weighted by atomic mass is 9.85. The highest BCUT2D eigenvalue weighted by Crippen LogP contribution is 2.41. The average Bonchev–Trinajstić information content (AvgIpc) is 3.63. The third-order valence-corrected chi connectivity index (χ3v) is 7.58. The number of carbonyl (C=O) groups excluding carboxylic acids is 1. The van der Waals surface area contributed by atoms with E-state index in [2.05, 4.69) is 15.1 Å². The molecule has 1 amide bonds. The SMILES string of the molecule is Nc1nc2cc(F)c(C(=O)N3CCC[C@@H]4OCc5cc(-c6cnn(C(F)F)c6)ccc5[C@@H]43)cc2n2cncc12. The lowest BCUT2D eigenvalue weighted by Gasteiger charge is -2.44. The van der Waals surface area contributed by atoms with E-state index in [1.807, 2.05) is 18.2 Å². The molecule has 2 aliphatic rings. The summed E-state index contributed by atoms with van der Waals surface area (Å²) in [6.07, 6.45) is 7.02. The van der Waals surface area contributed by atoms with Crippen LogP contribution in [0.2, 0.25) is 0 Å². The second-order valence-corrected chi connectivity index (χ2v) is 9.80. The monoisotopic (exact) mass is 533 g/mol. The number of likely N-dealkylation sites (tertiary alicyclic amines) is 1. The van der Waals surface area contributed by atoms with Crippen LogP contribution in [0.4, 0.5) is 19.0 Å². The summed E-state index contributed by atoms with van der Waals surface area (Å²) >= 11 is 0. The number of rotatable bonds is 3. The van der Waals surface area contributed by atoms with Gasteiger partial charge in [-0.15, -0.1) is 0 Å². The Labute approximate surface area is 219 Å². The molecular weight excluding hydrogens is 511 g/mol. The maximum Gasteiger partial charge on any atom is 0.333 e. The molecule has 0 aliphatic carbocycles. The number of halogens is 3. The van der Waals surface area contributed by atoms with E-state index >= 15 is 4.39 Å². The number of hydrogen-bond acceptors (Lipinski definition) is 6. The zero-order chi connectivity index (χ0) is 26.8. The molecule has 0 bridgehead atoms. The Morgan fingerprint density at radius 2 is 2.00 bits per heavy atom. The van der Waals surface area contributed by atoms with Crippen LogP contribution in [0.25, 0.3) is 27.7 Å². The van der Waals surface area contributed by atoms with Crippen LogP contribution in [-0.4, -0.2) is 47.6 Å². The number of anilines is 1. The van der Waals surface area contributed by atoms with Crippen LogP contribution >= 0.6 is 0 Å². The molecule has 1 saturated heterocycles. The van der Waals surface area contributed by atoms with Crippen molar-refractivity contribution in [3.05, 3.63) is 77.8 Å². The van der Waals surface area contributed by atoms with Crippen LogP contribution < -0.4 is 5.73 Å². The van der Waals surface area contributed by atoms with Crippen molar-refractivity contribution in [2.45, 2.75) is 38.1 Å². The van der Waals surface area contributed by atoms with Crippen molar-refractivity contribution in [2.24, 2.45) is 0 Å². The molecular formula is C27H22F3N7O2. The molecule has 39 heavy (non-hydrogen) atoms. The second-order valence-electron chi connectivity index (χ2n) is 9.80. The summed E-state index contributed by atoms with van der Waals surface area (Å²) in [6, 6.07) is 7.89. The van der Waals surface area contributed by atoms with E-state index in [4.69, 9.17) is 10.5 Å². The number of alkyl halides is 2. The molecule has 5 heterocycles. The van der Waals surface area contributed by atoms with E-state index in [0.29, 0.717) is 51.9 Å². The standard InChI is InChI=1S/C27H22F3N7O2/c28-19-8-20-21(36-13-32-10-22(36)25(31)34-20)7-18(19)26(38)35-5-1-2-23-24(35)17-4-3-14(6-15(17)12-39-23)16-9-33-37(11-16)27(29)30/h3-4,6-11,13,23-24,27H,1-2,5,12H2,(H2,31,34)/t23-,24-/m0/s1. The zero-order valence-corrected chi connectivity index (χ0v) is 20.5. The molecule has 12 heteroatoms. The summed E-state index contributed by atoms with van der Waals surface area (Å²) in [5.74, 6) is -0.925. The van der Waals surface area contributed by atoms with Crippen molar-refractivity contribution < 1.29 is 22.7 Å². The fraction of sp³-hybridized carbons (Fsp3) is 0.259. The first kappa shape index (κ1) is 23.7. The summed E-state index contributed by atoms with van der Waals surface area (Å²) in [4.78, 5) is 24.0. The smallest absolute Gasteiger partial charge is 0.333 e. The third-order valence-electron chi connectivity index (χ3n) is 7.58. The normalized spacial score (nSPS) is 19.0. The number of nitrogens with zero attached hydrogens (tertiary/aromatic N) is 6. The predicted octanol–water partition coefficient (Wildman–Crippen LogP) is 4.74. The fourth-order valence-electron chi connectivity index (χ4n) is 5.74. The summed E-state index contributed by atoms with van der Waals surface area (Å²) in [5, 5.41) is 3.72. The Hall–Kier alpha value is -4.45. The molecule has 2 N–H and O–H groups in total. The van der Waals surface area contributed by atoms with E-state index in [9.17, 15) is 13.6 Å². The van der Waals surface area contributed by atoms with Gasteiger partial charge < -0.3 is 15.4 Å². The molecule has 0 radical (unpaired) electrons. The molecule has 1 fully saturated rings. The number of benzene rings is 2. The molecule has 0 saturated carbocycles. The molecule has 2 aliphatic heterocycles. The summed E-state index contributed by atoms with van der Waals surface area (Å²) in [6.45, 7) is -1.97. The maximum atomic E-state index is 15.4. The Bertz CT molecular complexity index is 1770. The molecule has 3 aromatic heterocycles. The van der Waals surface area contributed by atoms with Crippen LogP contribution in [0.15, 0.2) is 55.2 Å². The van der Waals surface area contributed by atoms with E-state index in [1.54, 1.807) is 21.8 Å². The first-order chi connectivity index (χ1) is 18.9. The van der Waals surface area contributed by atoms with Gasteiger partial charge in [0.05, 0.1) is 54.1 Å². The van der Waals surface area contributed by atoms with Crippen molar-refractivity contribution in [2.75, 3.05) is 12.3 Å². The first-order valence-corrected chi connectivity index (χ1v) is 12.5. The van der Waals surface area contributed by atoms with Gasteiger partial charge >= 0.3 is 6.55 Å². The molecule has 2 atom stereocenters. The first-order valence-electron chi connectivity index (χ1n) is 12.5. The van der Waals surface area contributed by atoms with Gasteiger partial charge in [0.1, 0.15) is 17.2 Å². The lowest BCUT2D eigenvalue weighted by Crippen LogP contribution is -2.48. The number of nitrogens with two attached hydrogens (primary N) is 1. The largest absolute Gasteiger partial charge is 0.382 e. The van der Waals surface area contributed by atoms with E-state index in [-0.39, 0.29) is 17.5 Å². The van der Waals surface area contributed by atoms with Crippen LogP contribution in [0.1, 0.15) is 46.9 Å². The molecule has 9 nitrogen and oxygen atoms in total. The second kappa shape index (κ2) is 8.80. The minimum absolute atomic E-state index is 0.0760. The minimum atomic E-state index is -2.73. The van der Waals surface area contributed by atoms with Gasteiger partial charge in [-0.05, 0) is 41.7 Å². The Kier molecular flexibility index (Phi) is 5.34. The highest BCUT2D eigenvalue weighted by Gasteiger charge is 2.41. The minimum Gasteiger partial charge on any atom is -0.382 e. The van der Waals surface area contributed by atoms with Gasteiger partial charge in [-0.1, -0.05) is 12.1 Å². The van der Waals surface area contributed by atoms with Crippen molar-refractivity contribution in [3.63, 3.8) is 0 Å². The van der Waals surface area contributed by atoms with Crippen LogP contribution in [0, 0.1) is 5.82 Å². The molecule has 0 spiro atoms. The van der Waals surface area contributed by atoms with Gasteiger partial charge in [-0.2, -0.15) is 13.9 Å². The average molecular weight is 534 g/mol. The predicted molar refractivity (Wildman–Crippen MR) is 135 cm³/mol. The molecule has 0 unspecified atom stereocenters. The number of nitrogen functional groups attached to an aromatic ring is 1. The van der Waals surface area contributed by atoms with Crippen LogP contribution in [-0.2, 0) is 11.3 Å². The number of hydrogen-bond donors (Lipinski definition) is 1. The maximum absolute atomic E-state index is 15.4. The molecule has 5 aromatic rings. The lowest BCUT2D eigenvalue weighted by molar-refractivity contribution is -0.0571. The number of imidazole rings is 1. The summed E-state index contributed by atoms with van der Waals surface area (Å²) < 4.78 is 49.8. The van der Waals surface area contributed by atoms with Crippen LogP contribution in [0.5, 0.6) is 0 Å². The number of ether oxygens (including phenoxy) is 1. The number of piperidine rings is 1. The topological polar surface area (TPSA) is 104 Å². The van der Waals surface area contributed by atoms with Crippen molar-refractivity contribution >= 4 is 28.3 Å². The van der Waals surface area contributed by atoms with Crippen molar-refractivity contribution in [3.8, 4) is 11.1 Å². The van der Waals surface area contributed by atoms with Crippen molar-refractivity contribution in [1.82, 2.24) is 29.0 Å². The Morgan fingerprint density at radius 1 is 1.13 bits per heavy atom. The van der Waals surface area contributed by atoms with Gasteiger partial charge in [-0.3, -0.25) is 9.20 Å². The van der Waals surface area contributed by atoms with E-state index < -0.39 is 24.3 Å². The molecule has 2 aromatic carbocycles. The number of carbonyl (C=O) groups is 1. The van der Waals surface area contributed by atoms with Gasteiger partial charge in [0.25, 0.3) is 5.91 Å². The summed E-state index contributed by atoms with van der Waals surface area (Å²) in [7, 11) is 0. The van der Waals surface area contributed by atoms with Gasteiger partial charge in [0.15, 0.2) is 0 Å². The van der Waals surface area contributed by atoms with Crippen molar-refractivity contribution in [1.29, 1.82) is 0 Å². The quantitative estimate of drug-likeness (QED) is 0.359. The van der Waals surface area contributed by atoms with E-state index in [0.717, 1.165) is 17.5 Å². The molecule has 198 valence electrons. The number of amides is 1. The summed E-state index contributed by atoms with van der Waals surface area (Å²) in [5.41, 5.74) is 10.3. The number of fused-ring (bicyclic) bond motifs is 6. The Balaban J connectivity index is 1.27. The van der Waals surface area contributed by atoms with Gasteiger partial charge in [0, 0.05) is 24.4 Å². The number of aromatic nitrogens is 5. The molecule has 7 rings (SSSR count). The van der Waals surface area contributed by atoms with Gasteiger partial charge in [-0.25, -0.2) is 19.0 Å². The van der Waals surface area contributed by atoms with E-state index in [1.165, 1.54) is 24.5 Å². The third kappa shape index (κ3) is 3.74. The highest BCUT2D eigenvalue weighted by atomic mass is 19.3. The van der Waals surface area contributed by atoms with Crippen LogP contribution in [0.3, 0.4) is 0 Å². The highest BCUT2D eigenvalue weighted by molar-refractivity contribution is 5.99. The van der Waals surface area contributed by atoms with Gasteiger partial charge in [0.2, 0.25) is 0 Å². The zero-order valence-electron chi connectivity index (χ0n) is 20.5. The fourth-order valence-corrected chi connectivity index (χ4v) is 5.74.